The Hall–Kier alpha value is -3.88. The zero-order chi connectivity index (χ0) is 22.9. The number of carbonyl (C=O) groups is 2. The standard InChI is InChI=1S/C23H26N4O5/c1-4-13-31-18-10-9-17(14-19(18)30-3)23(29)26-25-20(28)11-12-21-24-22(27-32-21)16-7-5-15(2)6-8-16/h5-10,14H,4,11-13H2,1-3H3,(H,25,28)(H,26,29). The largest absolute Gasteiger partial charge is 0.493 e. The molecular weight excluding hydrogens is 412 g/mol. The molecule has 0 bridgehead atoms. The summed E-state index contributed by atoms with van der Waals surface area (Å²) < 4.78 is 16.0. The maximum absolute atomic E-state index is 12.3. The number of aryl methyl sites for hydroxylation is 2. The van der Waals surface area contributed by atoms with Crippen molar-refractivity contribution in [3.8, 4) is 22.9 Å². The van der Waals surface area contributed by atoms with Crippen molar-refractivity contribution in [2.24, 2.45) is 0 Å². The Morgan fingerprint density at radius 3 is 2.56 bits per heavy atom. The van der Waals surface area contributed by atoms with Gasteiger partial charge in [-0.15, -0.1) is 0 Å². The van der Waals surface area contributed by atoms with Gasteiger partial charge in [-0.2, -0.15) is 4.98 Å². The van der Waals surface area contributed by atoms with Crippen molar-refractivity contribution in [3.05, 3.63) is 59.5 Å². The summed E-state index contributed by atoms with van der Waals surface area (Å²) in [5.41, 5.74) is 7.06. The molecule has 2 amide bonds. The molecule has 0 unspecified atom stereocenters. The molecule has 0 aliphatic rings. The van der Waals surface area contributed by atoms with E-state index in [9.17, 15) is 9.59 Å². The van der Waals surface area contributed by atoms with E-state index in [1.165, 1.54) is 7.11 Å². The summed E-state index contributed by atoms with van der Waals surface area (Å²) in [4.78, 5) is 28.7. The number of nitrogens with zero attached hydrogens (tertiary/aromatic N) is 2. The van der Waals surface area contributed by atoms with Crippen LogP contribution in [0.25, 0.3) is 11.4 Å². The van der Waals surface area contributed by atoms with Crippen molar-refractivity contribution in [2.45, 2.75) is 33.1 Å². The topological polar surface area (TPSA) is 116 Å². The first-order valence-corrected chi connectivity index (χ1v) is 10.3. The molecular formula is C23H26N4O5. The lowest BCUT2D eigenvalue weighted by Crippen LogP contribution is -2.41. The average molecular weight is 438 g/mol. The fourth-order valence-corrected chi connectivity index (χ4v) is 2.80. The van der Waals surface area contributed by atoms with Crippen LogP contribution in [-0.4, -0.2) is 35.7 Å². The number of hydrogen-bond donors (Lipinski definition) is 2. The van der Waals surface area contributed by atoms with Crippen LogP contribution in [0.4, 0.5) is 0 Å². The zero-order valence-corrected chi connectivity index (χ0v) is 18.3. The third kappa shape index (κ3) is 6.07. The molecule has 9 nitrogen and oxygen atoms in total. The zero-order valence-electron chi connectivity index (χ0n) is 18.3. The number of hydrogen-bond acceptors (Lipinski definition) is 7. The van der Waals surface area contributed by atoms with Crippen molar-refractivity contribution in [2.75, 3.05) is 13.7 Å². The van der Waals surface area contributed by atoms with Crippen LogP contribution in [-0.2, 0) is 11.2 Å². The van der Waals surface area contributed by atoms with Gasteiger partial charge in [0.1, 0.15) is 0 Å². The molecule has 3 aromatic rings. The fourth-order valence-electron chi connectivity index (χ4n) is 2.80. The molecule has 0 saturated heterocycles. The summed E-state index contributed by atoms with van der Waals surface area (Å²) in [6.45, 7) is 4.54. The number of nitrogens with one attached hydrogen (secondary N) is 2. The molecule has 2 aromatic carbocycles. The second-order valence-electron chi connectivity index (χ2n) is 7.09. The Morgan fingerprint density at radius 2 is 1.84 bits per heavy atom. The predicted octanol–water partition coefficient (Wildman–Crippen LogP) is 3.24. The normalized spacial score (nSPS) is 10.5. The lowest BCUT2D eigenvalue weighted by molar-refractivity contribution is -0.121. The summed E-state index contributed by atoms with van der Waals surface area (Å²) in [7, 11) is 1.50. The maximum Gasteiger partial charge on any atom is 0.269 e. The molecule has 1 heterocycles. The van der Waals surface area contributed by atoms with Gasteiger partial charge in [0.05, 0.1) is 13.7 Å². The third-order valence-corrected chi connectivity index (χ3v) is 4.55. The van der Waals surface area contributed by atoms with E-state index >= 15 is 0 Å². The van der Waals surface area contributed by atoms with Crippen LogP contribution < -0.4 is 20.3 Å². The molecule has 9 heteroatoms. The highest BCUT2D eigenvalue weighted by Gasteiger charge is 2.14. The Morgan fingerprint density at radius 1 is 1.06 bits per heavy atom. The number of benzene rings is 2. The van der Waals surface area contributed by atoms with Crippen LogP contribution in [0.1, 0.15) is 41.6 Å². The Bertz CT molecular complexity index is 1060. The van der Waals surface area contributed by atoms with Crippen LogP contribution in [0, 0.1) is 6.92 Å². The van der Waals surface area contributed by atoms with E-state index in [-0.39, 0.29) is 18.7 Å². The summed E-state index contributed by atoms with van der Waals surface area (Å²) in [6, 6.07) is 12.5. The maximum atomic E-state index is 12.3. The monoisotopic (exact) mass is 438 g/mol. The molecule has 0 saturated carbocycles. The molecule has 0 aliphatic heterocycles. The molecule has 0 radical (unpaired) electrons. The third-order valence-electron chi connectivity index (χ3n) is 4.55. The highest BCUT2D eigenvalue weighted by atomic mass is 16.5. The van der Waals surface area contributed by atoms with Crippen molar-refractivity contribution in [1.29, 1.82) is 0 Å². The van der Waals surface area contributed by atoms with Crippen LogP contribution in [0.15, 0.2) is 47.0 Å². The van der Waals surface area contributed by atoms with E-state index in [1.807, 2.05) is 38.1 Å². The second-order valence-corrected chi connectivity index (χ2v) is 7.09. The molecule has 0 fully saturated rings. The average Bonchev–Trinajstić information content (AvgIpc) is 3.29. The number of hydrazine groups is 1. The van der Waals surface area contributed by atoms with E-state index in [1.54, 1.807) is 18.2 Å². The second kappa shape index (κ2) is 10.9. The lowest BCUT2D eigenvalue weighted by atomic mass is 10.1. The highest BCUT2D eigenvalue weighted by Crippen LogP contribution is 2.28. The van der Waals surface area contributed by atoms with Crippen molar-refractivity contribution in [1.82, 2.24) is 21.0 Å². The summed E-state index contributed by atoms with van der Waals surface area (Å²) in [6.07, 6.45) is 1.18. The van der Waals surface area contributed by atoms with E-state index in [0.29, 0.717) is 35.4 Å². The van der Waals surface area contributed by atoms with Crippen LogP contribution in [0.3, 0.4) is 0 Å². The summed E-state index contributed by atoms with van der Waals surface area (Å²) in [5.74, 6) is 0.947. The number of aromatic nitrogens is 2. The van der Waals surface area contributed by atoms with Gasteiger partial charge in [0.2, 0.25) is 17.6 Å². The number of carbonyl (C=O) groups excluding carboxylic acids is 2. The van der Waals surface area contributed by atoms with Gasteiger partial charge in [-0.25, -0.2) is 0 Å². The van der Waals surface area contributed by atoms with Gasteiger partial charge in [0, 0.05) is 24.0 Å². The van der Waals surface area contributed by atoms with E-state index in [4.69, 9.17) is 14.0 Å². The molecule has 0 spiro atoms. The Labute approximate surface area is 186 Å². The lowest BCUT2D eigenvalue weighted by Gasteiger charge is -2.12. The van der Waals surface area contributed by atoms with E-state index in [2.05, 4.69) is 21.0 Å². The van der Waals surface area contributed by atoms with Gasteiger partial charge in [-0.3, -0.25) is 20.4 Å². The highest BCUT2D eigenvalue weighted by molar-refractivity contribution is 5.96. The minimum Gasteiger partial charge on any atom is -0.493 e. The smallest absolute Gasteiger partial charge is 0.269 e. The van der Waals surface area contributed by atoms with Gasteiger partial charge in [-0.05, 0) is 31.5 Å². The van der Waals surface area contributed by atoms with Gasteiger partial charge in [0.15, 0.2) is 11.5 Å². The molecule has 2 N–H and O–H groups in total. The predicted molar refractivity (Wildman–Crippen MR) is 117 cm³/mol. The molecule has 0 aliphatic carbocycles. The van der Waals surface area contributed by atoms with Gasteiger partial charge in [-0.1, -0.05) is 41.9 Å². The van der Waals surface area contributed by atoms with Crippen LogP contribution >= 0.6 is 0 Å². The minimum absolute atomic E-state index is 0.0723. The number of amides is 2. The van der Waals surface area contributed by atoms with E-state index < -0.39 is 5.91 Å². The quantitative estimate of drug-likeness (QED) is 0.493. The van der Waals surface area contributed by atoms with Gasteiger partial charge < -0.3 is 14.0 Å². The minimum atomic E-state index is -0.474. The number of rotatable bonds is 9. The number of ether oxygens (including phenoxy) is 2. The SMILES string of the molecule is CCCOc1ccc(C(=O)NNC(=O)CCc2nc(-c3ccc(C)cc3)no2)cc1OC. The molecule has 1 aromatic heterocycles. The first-order chi connectivity index (χ1) is 15.5. The molecule has 3 rings (SSSR count). The Balaban J connectivity index is 1.48. The van der Waals surface area contributed by atoms with E-state index in [0.717, 1.165) is 17.5 Å². The van der Waals surface area contributed by atoms with Crippen LogP contribution in [0.2, 0.25) is 0 Å². The molecule has 168 valence electrons. The molecule has 32 heavy (non-hydrogen) atoms. The first kappa shape index (κ1) is 22.8. The fraction of sp³-hybridized carbons (Fsp3) is 0.304. The van der Waals surface area contributed by atoms with Crippen LogP contribution in [0.5, 0.6) is 11.5 Å². The Kier molecular flexibility index (Phi) is 7.80. The van der Waals surface area contributed by atoms with Crippen molar-refractivity contribution >= 4 is 11.8 Å². The van der Waals surface area contributed by atoms with Crippen molar-refractivity contribution < 1.29 is 23.6 Å². The number of methoxy groups -OCH3 is 1. The summed E-state index contributed by atoms with van der Waals surface area (Å²) >= 11 is 0. The van der Waals surface area contributed by atoms with Crippen molar-refractivity contribution in [3.63, 3.8) is 0 Å². The first-order valence-electron chi connectivity index (χ1n) is 10.3. The summed E-state index contributed by atoms with van der Waals surface area (Å²) in [5, 5.41) is 3.94. The molecule has 0 atom stereocenters. The van der Waals surface area contributed by atoms with Gasteiger partial charge >= 0.3 is 0 Å². The van der Waals surface area contributed by atoms with Gasteiger partial charge in [0.25, 0.3) is 5.91 Å².